The highest BCUT2D eigenvalue weighted by atomic mass is 16.4. The van der Waals surface area contributed by atoms with E-state index in [1.807, 2.05) is 18.5 Å². The van der Waals surface area contributed by atoms with E-state index in [-0.39, 0.29) is 6.42 Å². The molecule has 1 N–H and O–H groups in total. The van der Waals surface area contributed by atoms with Gasteiger partial charge in [-0.15, -0.1) is 0 Å². The smallest absolute Gasteiger partial charge is 0.307 e. The summed E-state index contributed by atoms with van der Waals surface area (Å²) in [6, 6.07) is 0. The molecule has 0 radical (unpaired) electrons. The zero-order chi connectivity index (χ0) is 13.8. The Morgan fingerprint density at radius 3 is 2.53 bits per heavy atom. The highest BCUT2D eigenvalue weighted by molar-refractivity contribution is 5.70. The Labute approximate surface area is 114 Å². The first-order chi connectivity index (χ1) is 9.08. The van der Waals surface area contributed by atoms with Crippen LogP contribution >= 0.6 is 0 Å². The fraction of sp³-hybridized carbons (Fsp3) is 0.714. The van der Waals surface area contributed by atoms with Crippen molar-refractivity contribution in [3.8, 4) is 0 Å². The molecule has 106 valence electrons. The van der Waals surface area contributed by atoms with Gasteiger partial charge in [0.15, 0.2) is 0 Å². The van der Waals surface area contributed by atoms with E-state index in [4.69, 9.17) is 5.11 Å². The fourth-order valence-corrected chi connectivity index (χ4v) is 2.78. The van der Waals surface area contributed by atoms with Crippen molar-refractivity contribution in [2.75, 3.05) is 19.6 Å². The van der Waals surface area contributed by atoms with Crippen LogP contribution in [0.3, 0.4) is 0 Å². The van der Waals surface area contributed by atoms with Crippen LogP contribution in [0.5, 0.6) is 0 Å². The van der Waals surface area contributed by atoms with Gasteiger partial charge in [-0.1, -0.05) is 6.42 Å². The largest absolute Gasteiger partial charge is 0.481 e. The van der Waals surface area contributed by atoms with E-state index in [9.17, 15) is 4.79 Å². The molecule has 0 aliphatic carbocycles. The van der Waals surface area contributed by atoms with Crippen LogP contribution < -0.4 is 0 Å². The zero-order valence-corrected chi connectivity index (χ0v) is 11.9. The van der Waals surface area contributed by atoms with Gasteiger partial charge in [-0.3, -0.25) is 9.48 Å². The summed E-state index contributed by atoms with van der Waals surface area (Å²) in [5.74, 6) is -0.790. The summed E-state index contributed by atoms with van der Waals surface area (Å²) in [5.41, 5.74) is 2.71. The molecule has 1 aromatic heterocycles. The molecular formula is C14H23N3O2. The number of aromatic nitrogens is 2. The van der Waals surface area contributed by atoms with Gasteiger partial charge in [0.25, 0.3) is 0 Å². The summed E-state index contributed by atoms with van der Waals surface area (Å²) in [6.45, 7) is 8.08. The van der Waals surface area contributed by atoms with E-state index in [2.05, 4.69) is 10.00 Å². The molecule has 0 aromatic carbocycles. The van der Waals surface area contributed by atoms with Crippen LogP contribution in [-0.4, -0.2) is 45.4 Å². The first-order valence-corrected chi connectivity index (χ1v) is 7.05. The molecule has 2 heterocycles. The van der Waals surface area contributed by atoms with E-state index in [1.165, 1.54) is 32.4 Å². The van der Waals surface area contributed by atoms with Gasteiger partial charge in [0.2, 0.25) is 0 Å². The molecule has 0 bridgehead atoms. The highest BCUT2D eigenvalue weighted by Crippen LogP contribution is 2.14. The summed E-state index contributed by atoms with van der Waals surface area (Å²) < 4.78 is 1.96. The lowest BCUT2D eigenvalue weighted by molar-refractivity contribution is -0.136. The second-order valence-electron chi connectivity index (χ2n) is 5.35. The van der Waals surface area contributed by atoms with E-state index in [1.54, 1.807) is 0 Å². The third-order valence-corrected chi connectivity index (χ3v) is 3.94. The average Bonchev–Trinajstić information content (AvgIpc) is 2.65. The Balaban J connectivity index is 1.98. The number of piperidine rings is 1. The fourth-order valence-electron chi connectivity index (χ4n) is 2.78. The van der Waals surface area contributed by atoms with Gasteiger partial charge in [-0.2, -0.15) is 5.10 Å². The van der Waals surface area contributed by atoms with Crippen molar-refractivity contribution in [2.24, 2.45) is 0 Å². The van der Waals surface area contributed by atoms with Crippen molar-refractivity contribution < 1.29 is 9.90 Å². The normalized spacial score (nSPS) is 16.7. The molecule has 5 nitrogen and oxygen atoms in total. The van der Waals surface area contributed by atoms with Crippen LogP contribution in [0.2, 0.25) is 0 Å². The number of carboxylic acids is 1. The van der Waals surface area contributed by atoms with E-state index < -0.39 is 5.97 Å². The lowest BCUT2D eigenvalue weighted by atomic mass is 10.1. The van der Waals surface area contributed by atoms with Gasteiger partial charge >= 0.3 is 5.97 Å². The number of carbonyl (C=O) groups is 1. The predicted octanol–water partition coefficient (Wildman–Crippen LogP) is 1.61. The lowest BCUT2D eigenvalue weighted by Gasteiger charge is -2.26. The van der Waals surface area contributed by atoms with E-state index in [0.29, 0.717) is 0 Å². The molecule has 0 amide bonds. The topological polar surface area (TPSA) is 58.4 Å². The minimum atomic E-state index is -0.790. The molecule has 1 fully saturated rings. The minimum absolute atomic E-state index is 0.0708. The number of nitrogens with zero attached hydrogens (tertiary/aromatic N) is 3. The van der Waals surface area contributed by atoms with Crippen LogP contribution in [0.25, 0.3) is 0 Å². The maximum Gasteiger partial charge on any atom is 0.307 e. The molecule has 1 aliphatic heterocycles. The Bertz CT molecular complexity index is 448. The van der Waals surface area contributed by atoms with Crippen LogP contribution in [-0.2, 0) is 17.8 Å². The van der Waals surface area contributed by atoms with Crippen molar-refractivity contribution in [3.05, 3.63) is 17.0 Å². The van der Waals surface area contributed by atoms with Gasteiger partial charge in [0.1, 0.15) is 0 Å². The first kappa shape index (κ1) is 14.1. The van der Waals surface area contributed by atoms with Crippen LogP contribution in [0, 0.1) is 13.8 Å². The Morgan fingerprint density at radius 2 is 1.89 bits per heavy atom. The predicted molar refractivity (Wildman–Crippen MR) is 73.3 cm³/mol. The second-order valence-corrected chi connectivity index (χ2v) is 5.35. The Kier molecular flexibility index (Phi) is 4.58. The van der Waals surface area contributed by atoms with Crippen LogP contribution in [0.4, 0.5) is 0 Å². The van der Waals surface area contributed by atoms with E-state index >= 15 is 0 Å². The van der Waals surface area contributed by atoms with Crippen molar-refractivity contribution in [1.29, 1.82) is 0 Å². The number of rotatable bonds is 5. The summed E-state index contributed by atoms with van der Waals surface area (Å²) in [4.78, 5) is 13.3. The maximum atomic E-state index is 10.8. The first-order valence-electron chi connectivity index (χ1n) is 7.05. The number of hydrogen-bond donors (Lipinski definition) is 1. The molecule has 0 spiro atoms. The molecule has 2 rings (SSSR count). The van der Waals surface area contributed by atoms with Gasteiger partial charge in [0.05, 0.1) is 18.7 Å². The number of carboxylic acid groups (broad SMARTS) is 1. The highest BCUT2D eigenvalue weighted by Gasteiger charge is 2.15. The summed E-state index contributed by atoms with van der Waals surface area (Å²) in [7, 11) is 0. The van der Waals surface area contributed by atoms with Crippen LogP contribution in [0.1, 0.15) is 36.2 Å². The van der Waals surface area contributed by atoms with E-state index in [0.717, 1.165) is 30.0 Å². The monoisotopic (exact) mass is 265 g/mol. The Hall–Kier alpha value is -1.36. The third-order valence-electron chi connectivity index (χ3n) is 3.94. The quantitative estimate of drug-likeness (QED) is 0.879. The molecule has 0 saturated carbocycles. The molecule has 1 saturated heterocycles. The molecule has 0 atom stereocenters. The number of hydrogen-bond acceptors (Lipinski definition) is 3. The maximum absolute atomic E-state index is 10.8. The molecule has 0 unspecified atom stereocenters. The van der Waals surface area contributed by atoms with Crippen molar-refractivity contribution in [3.63, 3.8) is 0 Å². The van der Waals surface area contributed by atoms with Gasteiger partial charge in [-0.05, 0) is 39.8 Å². The average molecular weight is 265 g/mol. The van der Waals surface area contributed by atoms with Crippen LogP contribution in [0.15, 0.2) is 0 Å². The summed E-state index contributed by atoms with van der Waals surface area (Å²) in [5, 5.41) is 13.4. The number of aliphatic carboxylic acids is 1. The van der Waals surface area contributed by atoms with Crippen molar-refractivity contribution in [2.45, 2.75) is 46.1 Å². The number of aryl methyl sites for hydroxylation is 1. The molecule has 19 heavy (non-hydrogen) atoms. The summed E-state index contributed by atoms with van der Waals surface area (Å²) >= 11 is 0. The molecule has 1 aliphatic rings. The number of likely N-dealkylation sites (tertiary alicyclic amines) is 1. The molecular weight excluding hydrogens is 242 g/mol. The van der Waals surface area contributed by atoms with Crippen molar-refractivity contribution in [1.82, 2.24) is 14.7 Å². The lowest BCUT2D eigenvalue weighted by Crippen LogP contribution is -2.32. The van der Waals surface area contributed by atoms with Gasteiger partial charge in [-0.25, -0.2) is 0 Å². The zero-order valence-electron chi connectivity index (χ0n) is 11.9. The SMILES string of the molecule is Cc1nn(CCN2CCCCC2)c(C)c1CC(=O)O. The molecule has 5 heteroatoms. The Morgan fingerprint density at radius 1 is 1.21 bits per heavy atom. The standard InChI is InChI=1S/C14H23N3O2/c1-11-13(10-14(18)19)12(2)17(15-11)9-8-16-6-4-3-5-7-16/h3-10H2,1-2H3,(H,18,19). The second kappa shape index (κ2) is 6.19. The minimum Gasteiger partial charge on any atom is -0.481 e. The summed E-state index contributed by atoms with van der Waals surface area (Å²) in [6.07, 6.45) is 4.00. The van der Waals surface area contributed by atoms with Gasteiger partial charge < -0.3 is 10.0 Å². The molecule has 1 aromatic rings. The van der Waals surface area contributed by atoms with Gasteiger partial charge in [0, 0.05) is 17.8 Å². The third kappa shape index (κ3) is 3.56. The van der Waals surface area contributed by atoms with Crippen molar-refractivity contribution >= 4 is 5.97 Å².